The summed E-state index contributed by atoms with van der Waals surface area (Å²) in [6, 6.07) is 17.2. The average Bonchev–Trinajstić information content (AvgIpc) is 3.57. The average molecular weight is 540 g/mol. The zero-order chi connectivity index (χ0) is 28.2. The van der Waals surface area contributed by atoms with Gasteiger partial charge in [0.25, 0.3) is 5.69 Å². The van der Waals surface area contributed by atoms with E-state index in [4.69, 9.17) is 19.7 Å². The van der Waals surface area contributed by atoms with E-state index in [0.717, 1.165) is 17.7 Å². The molecule has 6 aromatic rings. The van der Waals surface area contributed by atoms with Crippen LogP contribution in [-0.2, 0) is 13.2 Å². The number of anilines is 1. The van der Waals surface area contributed by atoms with Crippen molar-refractivity contribution in [1.82, 2.24) is 24.8 Å². The van der Waals surface area contributed by atoms with Crippen LogP contribution < -0.4 is 5.73 Å². The molecular formula is C28H25N7O5. The fourth-order valence-corrected chi connectivity index (χ4v) is 4.08. The van der Waals surface area contributed by atoms with Crippen molar-refractivity contribution in [3.05, 3.63) is 94.3 Å². The number of hydrogen-bond acceptors (Lipinski definition) is 11. The second kappa shape index (κ2) is 11.3. The highest BCUT2D eigenvalue weighted by Crippen LogP contribution is 2.28. The molecule has 3 N–H and O–H groups in total. The molecule has 12 heteroatoms. The maximum absolute atomic E-state index is 10.9. The third-order valence-electron chi connectivity index (χ3n) is 5.71. The first kappa shape index (κ1) is 26.4. The number of oxazole rings is 2. The molecule has 0 atom stereocenters. The van der Waals surface area contributed by atoms with Gasteiger partial charge in [-0.25, -0.2) is 9.97 Å². The van der Waals surface area contributed by atoms with Crippen LogP contribution in [0.5, 0.6) is 0 Å². The maximum Gasteiger partial charge on any atom is 0.270 e. The summed E-state index contributed by atoms with van der Waals surface area (Å²) >= 11 is 0. The number of nitrogens with two attached hydrogens (primary N) is 1. The van der Waals surface area contributed by atoms with E-state index in [1.807, 2.05) is 44.4 Å². The number of nitrogen functional groups attached to an aromatic ring is 1. The smallest absolute Gasteiger partial charge is 0.270 e. The van der Waals surface area contributed by atoms with Gasteiger partial charge in [0.1, 0.15) is 0 Å². The summed E-state index contributed by atoms with van der Waals surface area (Å²) in [5.41, 5.74) is 11.6. The van der Waals surface area contributed by atoms with Crippen molar-refractivity contribution in [2.24, 2.45) is 0 Å². The van der Waals surface area contributed by atoms with E-state index in [0.29, 0.717) is 45.2 Å². The summed E-state index contributed by atoms with van der Waals surface area (Å²) < 4.78 is 11.2. The van der Waals surface area contributed by atoms with E-state index in [2.05, 4.69) is 24.8 Å². The fourth-order valence-electron chi connectivity index (χ4n) is 4.08. The van der Waals surface area contributed by atoms with Crippen molar-refractivity contribution < 1.29 is 18.9 Å². The van der Waals surface area contributed by atoms with Gasteiger partial charge in [0.2, 0.25) is 11.8 Å². The Balaban J connectivity index is 0.000000161. The molecule has 0 fully saturated rings. The van der Waals surface area contributed by atoms with Gasteiger partial charge in [0.15, 0.2) is 22.5 Å². The highest BCUT2D eigenvalue weighted by molar-refractivity contribution is 5.74. The van der Waals surface area contributed by atoms with Crippen LogP contribution in [0.1, 0.15) is 11.1 Å². The number of hydrogen-bond donors (Lipinski definition) is 2. The Hall–Kier alpha value is -5.20. The molecule has 6 rings (SSSR count). The molecule has 12 nitrogen and oxygen atoms in total. The number of benzene rings is 2. The van der Waals surface area contributed by atoms with Gasteiger partial charge < -0.3 is 24.6 Å². The third-order valence-corrected chi connectivity index (χ3v) is 5.71. The monoisotopic (exact) mass is 539 g/mol. The highest BCUT2D eigenvalue weighted by Gasteiger charge is 2.15. The summed E-state index contributed by atoms with van der Waals surface area (Å²) in [7, 11) is 4.04. The largest absolute Gasteiger partial charge is 0.434 e. The molecule has 0 aliphatic heterocycles. The summed E-state index contributed by atoms with van der Waals surface area (Å²) in [4.78, 5) is 29.2. The molecule has 0 amide bonds. The molecule has 0 unspecified atom stereocenters. The lowest BCUT2D eigenvalue weighted by atomic mass is 10.1. The molecule has 0 radical (unpaired) electrons. The first-order valence-electron chi connectivity index (χ1n) is 12.2. The number of fused-ring (bicyclic) bond motifs is 2. The van der Waals surface area contributed by atoms with E-state index in [1.54, 1.807) is 30.6 Å². The number of nitro groups is 1. The van der Waals surface area contributed by atoms with Crippen LogP contribution >= 0.6 is 0 Å². The number of rotatable bonds is 6. The van der Waals surface area contributed by atoms with E-state index >= 15 is 0 Å². The topological polar surface area (TPSA) is 170 Å². The maximum atomic E-state index is 10.9. The zero-order valence-electron chi connectivity index (χ0n) is 21.7. The molecule has 0 saturated carbocycles. The van der Waals surface area contributed by atoms with E-state index in [-0.39, 0.29) is 18.2 Å². The van der Waals surface area contributed by atoms with Gasteiger partial charge in [-0.05, 0) is 73.8 Å². The Morgan fingerprint density at radius 3 is 1.98 bits per heavy atom. The normalized spacial score (nSPS) is 11.1. The predicted molar refractivity (Wildman–Crippen MR) is 149 cm³/mol. The van der Waals surface area contributed by atoms with Crippen molar-refractivity contribution in [2.45, 2.75) is 13.2 Å². The molecule has 202 valence electrons. The van der Waals surface area contributed by atoms with Gasteiger partial charge in [-0.15, -0.1) is 0 Å². The molecular weight excluding hydrogens is 514 g/mol. The second-order valence-corrected chi connectivity index (χ2v) is 9.19. The fraction of sp³-hybridized carbons (Fsp3) is 0.143. The molecule has 0 bridgehead atoms. The Bertz CT molecular complexity index is 1750. The molecule has 0 aliphatic rings. The Labute approximate surface area is 227 Å². The van der Waals surface area contributed by atoms with Crippen LogP contribution in [0.4, 0.5) is 11.4 Å². The minimum atomic E-state index is -0.524. The third kappa shape index (κ3) is 5.93. The summed E-state index contributed by atoms with van der Waals surface area (Å²) in [5, 5.41) is 20.1. The number of nitrogens with zero attached hydrogens (tertiary/aromatic N) is 6. The van der Waals surface area contributed by atoms with Gasteiger partial charge in [0.05, 0.1) is 11.5 Å². The van der Waals surface area contributed by atoms with E-state index in [9.17, 15) is 10.1 Å². The minimum Gasteiger partial charge on any atom is -0.434 e. The summed E-state index contributed by atoms with van der Waals surface area (Å²) in [6.45, 7) is 0.518. The minimum absolute atomic E-state index is 0.123. The molecule has 0 spiro atoms. The van der Waals surface area contributed by atoms with Crippen LogP contribution in [0.3, 0.4) is 0 Å². The Morgan fingerprint density at radius 2 is 1.45 bits per heavy atom. The van der Waals surface area contributed by atoms with Crippen LogP contribution in [0.25, 0.3) is 45.4 Å². The summed E-state index contributed by atoms with van der Waals surface area (Å²) in [6.07, 6.45) is 3.28. The van der Waals surface area contributed by atoms with Gasteiger partial charge in [0, 0.05) is 47.9 Å². The van der Waals surface area contributed by atoms with Gasteiger partial charge in [-0.3, -0.25) is 10.1 Å². The first-order valence-corrected chi connectivity index (χ1v) is 12.2. The van der Waals surface area contributed by atoms with Crippen molar-refractivity contribution in [1.29, 1.82) is 0 Å². The number of aromatic nitrogens is 4. The first-order chi connectivity index (χ1) is 19.3. The molecule has 2 aromatic carbocycles. The Kier molecular flexibility index (Phi) is 7.44. The van der Waals surface area contributed by atoms with Crippen molar-refractivity contribution in [3.63, 3.8) is 0 Å². The zero-order valence-corrected chi connectivity index (χ0v) is 21.7. The number of pyridine rings is 2. The second-order valence-electron chi connectivity index (χ2n) is 9.19. The lowest BCUT2D eigenvalue weighted by Crippen LogP contribution is -2.10. The summed E-state index contributed by atoms with van der Waals surface area (Å²) in [5.74, 6) is 0.781. The quantitative estimate of drug-likeness (QED) is 0.169. The lowest BCUT2D eigenvalue weighted by Gasteiger charge is -2.11. The van der Waals surface area contributed by atoms with Crippen molar-refractivity contribution in [3.8, 4) is 22.9 Å². The van der Waals surface area contributed by atoms with Crippen LogP contribution in [0.2, 0.25) is 0 Å². The van der Waals surface area contributed by atoms with Gasteiger partial charge >= 0.3 is 0 Å². The van der Waals surface area contributed by atoms with Gasteiger partial charge in [-0.1, -0.05) is 0 Å². The van der Waals surface area contributed by atoms with E-state index in [1.165, 1.54) is 12.1 Å². The molecule has 0 aliphatic carbocycles. The highest BCUT2D eigenvalue weighted by atomic mass is 16.6. The number of nitro benzene ring substituents is 1. The van der Waals surface area contributed by atoms with Crippen molar-refractivity contribution in [2.75, 3.05) is 19.8 Å². The molecule has 4 aromatic heterocycles. The lowest BCUT2D eigenvalue weighted by molar-refractivity contribution is -0.384. The van der Waals surface area contributed by atoms with E-state index < -0.39 is 4.92 Å². The van der Waals surface area contributed by atoms with Crippen LogP contribution in [0, 0.1) is 10.1 Å². The van der Waals surface area contributed by atoms with Crippen molar-refractivity contribution >= 4 is 33.8 Å². The van der Waals surface area contributed by atoms with Crippen LogP contribution in [-0.4, -0.2) is 49.0 Å². The molecule has 40 heavy (non-hydrogen) atoms. The Morgan fingerprint density at radius 1 is 0.875 bits per heavy atom. The SMILES string of the molecule is CN(C)Cc1cc(N)cc(-c2nc3ncccc3o2)c1.O=[N+]([O-])c1cc(CO)cc(-c2nc3ncccc3o2)c1. The number of aliphatic hydroxyl groups excluding tert-OH is 1. The number of aliphatic hydroxyl groups is 1. The van der Waals surface area contributed by atoms with Crippen LogP contribution in [0.15, 0.2) is 81.9 Å². The molecule has 4 heterocycles. The standard InChI is InChI=1S/C15H16N4O.C13H9N3O4/c1-19(2)9-10-6-11(8-12(16)7-10)15-18-14-13(20-15)4-3-5-17-14;17-7-8-4-9(6-10(5-8)16(18)19)13-15-12-11(20-13)2-1-3-14-12/h3-8H,9,16H2,1-2H3;1-6,17H,7H2. The molecule has 0 saturated heterocycles. The number of non-ortho nitro benzene ring substituents is 1. The van der Waals surface area contributed by atoms with Gasteiger partial charge in [-0.2, -0.15) is 9.97 Å². The predicted octanol–water partition coefficient (Wildman–Crippen LogP) is 4.82.